The van der Waals surface area contributed by atoms with Crippen molar-refractivity contribution in [2.45, 2.75) is 38.3 Å². The number of ether oxygens (including phenoxy) is 2. The van der Waals surface area contributed by atoms with Crippen LogP contribution >= 0.6 is 23.1 Å². The van der Waals surface area contributed by atoms with Gasteiger partial charge in [-0.3, -0.25) is 14.2 Å². The Morgan fingerprint density at radius 2 is 1.87 bits per heavy atom. The number of nitrogens with one attached hydrogen (secondary N) is 1. The third-order valence-electron chi connectivity index (χ3n) is 6.30. The standard InChI is InChI=1S/C28H28N4O4S2/c1-4-36-21-14-10-19(11-15-21)32-27(34)25-22-6-5-7-23(22)38-26(25)29-28(32)37-16-24(33)31-30-17(2)18-8-12-20(35-3)13-9-18/h8-15H,4-7,16H2,1-3H3,(H,31,33). The zero-order chi connectivity index (χ0) is 26.6. The number of thioether (sulfide) groups is 1. The summed E-state index contributed by atoms with van der Waals surface area (Å²) in [5.41, 5.74) is 5.86. The molecule has 0 aliphatic heterocycles. The molecule has 10 heteroatoms. The Bertz CT molecular complexity index is 1560. The van der Waals surface area contributed by atoms with E-state index in [2.05, 4.69) is 10.5 Å². The van der Waals surface area contributed by atoms with Crippen LogP contribution in [0.2, 0.25) is 0 Å². The number of hydrogen-bond acceptors (Lipinski definition) is 8. The van der Waals surface area contributed by atoms with Gasteiger partial charge in [0.1, 0.15) is 16.3 Å². The highest BCUT2D eigenvalue weighted by Crippen LogP contribution is 2.36. The number of carbonyl (C=O) groups is 1. The second-order valence-corrected chi connectivity index (χ2v) is 10.8. The minimum atomic E-state index is -0.288. The number of aromatic nitrogens is 2. The number of nitrogens with zero attached hydrogens (tertiary/aromatic N) is 3. The van der Waals surface area contributed by atoms with Gasteiger partial charge in [-0.1, -0.05) is 11.8 Å². The van der Waals surface area contributed by atoms with Crippen molar-refractivity contribution in [3.63, 3.8) is 0 Å². The minimum Gasteiger partial charge on any atom is -0.497 e. The molecule has 0 saturated heterocycles. The van der Waals surface area contributed by atoms with Crippen molar-refractivity contribution in [2.75, 3.05) is 19.5 Å². The number of amides is 1. The molecule has 0 fully saturated rings. The molecular weight excluding hydrogens is 520 g/mol. The zero-order valence-electron chi connectivity index (χ0n) is 21.4. The fourth-order valence-electron chi connectivity index (χ4n) is 4.41. The molecule has 0 saturated carbocycles. The van der Waals surface area contributed by atoms with Crippen LogP contribution in [0.3, 0.4) is 0 Å². The summed E-state index contributed by atoms with van der Waals surface area (Å²) in [6, 6.07) is 14.8. The Balaban J connectivity index is 1.40. The Morgan fingerprint density at radius 1 is 1.13 bits per heavy atom. The molecule has 2 heterocycles. The van der Waals surface area contributed by atoms with Crippen LogP contribution in [-0.4, -0.2) is 40.6 Å². The van der Waals surface area contributed by atoms with Crippen LogP contribution in [0.4, 0.5) is 0 Å². The number of hydrogen-bond donors (Lipinski definition) is 1. The first kappa shape index (κ1) is 26.0. The molecule has 0 spiro atoms. The molecule has 1 N–H and O–H groups in total. The van der Waals surface area contributed by atoms with Crippen molar-refractivity contribution in [1.82, 2.24) is 15.0 Å². The number of rotatable bonds is 9. The number of hydrazone groups is 1. The quantitative estimate of drug-likeness (QED) is 0.137. The summed E-state index contributed by atoms with van der Waals surface area (Å²) in [7, 11) is 1.61. The van der Waals surface area contributed by atoms with Gasteiger partial charge in [0.2, 0.25) is 0 Å². The van der Waals surface area contributed by atoms with Crippen LogP contribution < -0.4 is 20.5 Å². The number of benzene rings is 2. The van der Waals surface area contributed by atoms with Gasteiger partial charge in [-0.25, -0.2) is 10.4 Å². The van der Waals surface area contributed by atoms with Crippen molar-refractivity contribution in [3.05, 3.63) is 74.9 Å². The monoisotopic (exact) mass is 548 g/mol. The number of thiophene rings is 1. The maximum absolute atomic E-state index is 13.8. The van der Waals surface area contributed by atoms with E-state index in [1.165, 1.54) is 16.6 Å². The van der Waals surface area contributed by atoms with Gasteiger partial charge in [0.25, 0.3) is 11.5 Å². The molecule has 196 valence electrons. The minimum absolute atomic E-state index is 0.0550. The van der Waals surface area contributed by atoms with Crippen molar-refractivity contribution < 1.29 is 14.3 Å². The fourth-order valence-corrected chi connectivity index (χ4v) is 6.52. The van der Waals surface area contributed by atoms with E-state index >= 15 is 0 Å². The van der Waals surface area contributed by atoms with Gasteiger partial charge in [0.05, 0.1) is 36.3 Å². The lowest BCUT2D eigenvalue weighted by molar-refractivity contribution is -0.118. The number of fused-ring (bicyclic) bond motifs is 3. The van der Waals surface area contributed by atoms with Gasteiger partial charge in [-0.05, 0) is 92.8 Å². The fraction of sp³-hybridized carbons (Fsp3) is 0.286. The Hall–Kier alpha value is -3.63. The van der Waals surface area contributed by atoms with Crippen molar-refractivity contribution >= 4 is 44.9 Å². The van der Waals surface area contributed by atoms with Crippen LogP contribution in [0.5, 0.6) is 11.5 Å². The largest absolute Gasteiger partial charge is 0.497 e. The number of methoxy groups -OCH3 is 1. The lowest BCUT2D eigenvalue weighted by atomic mass is 10.1. The van der Waals surface area contributed by atoms with E-state index in [0.717, 1.165) is 46.7 Å². The average molecular weight is 549 g/mol. The van der Waals surface area contributed by atoms with Crippen LogP contribution in [0, 0.1) is 0 Å². The molecule has 4 aromatic rings. The molecule has 0 atom stereocenters. The molecule has 0 unspecified atom stereocenters. The predicted molar refractivity (Wildman–Crippen MR) is 152 cm³/mol. The summed E-state index contributed by atoms with van der Waals surface area (Å²) in [6.45, 7) is 4.31. The lowest BCUT2D eigenvalue weighted by Crippen LogP contribution is -2.24. The first-order valence-electron chi connectivity index (χ1n) is 12.4. The number of carbonyl (C=O) groups excluding carboxylic acids is 1. The van der Waals surface area contributed by atoms with Gasteiger partial charge < -0.3 is 9.47 Å². The van der Waals surface area contributed by atoms with Crippen LogP contribution in [-0.2, 0) is 17.6 Å². The normalized spacial score (nSPS) is 13.0. The van der Waals surface area contributed by atoms with Crippen LogP contribution in [0.25, 0.3) is 15.9 Å². The van der Waals surface area contributed by atoms with Crippen molar-refractivity contribution in [1.29, 1.82) is 0 Å². The molecule has 1 amide bonds. The van der Waals surface area contributed by atoms with E-state index in [-0.39, 0.29) is 17.2 Å². The highest BCUT2D eigenvalue weighted by molar-refractivity contribution is 7.99. The molecule has 1 aliphatic rings. The predicted octanol–water partition coefficient (Wildman–Crippen LogP) is 4.98. The van der Waals surface area contributed by atoms with Crippen molar-refractivity contribution in [2.24, 2.45) is 5.10 Å². The molecule has 2 aromatic carbocycles. The third kappa shape index (κ3) is 5.32. The highest BCUT2D eigenvalue weighted by Gasteiger charge is 2.24. The molecule has 38 heavy (non-hydrogen) atoms. The van der Waals surface area contributed by atoms with E-state index in [1.54, 1.807) is 23.0 Å². The molecule has 0 bridgehead atoms. The molecule has 5 rings (SSSR count). The van der Waals surface area contributed by atoms with E-state index in [0.29, 0.717) is 28.5 Å². The topological polar surface area (TPSA) is 94.8 Å². The van der Waals surface area contributed by atoms with E-state index < -0.39 is 0 Å². The second kappa shape index (κ2) is 11.4. The molecule has 2 aromatic heterocycles. The maximum atomic E-state index is 13.8. The van der Waals surface area contributed by atoms with Crippen LogP contribution in [0.1, 0.15) is 36.3 Å². The highest BCUT2D eigenvalue weighted by atomic mass is 32.2. The van der Waals surface area contributed by atoms with E-state index in [9.17, 15) is 9.59 Å². The summed E-state index contributed by atoms with van der Waals surface area (Å²) in [4.78, 5) is 33.3. The Kier molecular flexibility index (Phi) is 7.80. The van der Waals surface area contributed by atoms with Gasteiger partial charge in [-0.2, -0.15) is 5.10 Å². The summed E-state index contributed by atoms with van der Waals surface area (Å²) in [5, 5.41) is 5.40. The van der Waals surface area contributed by atoms with Crippen molar-refractivity contribution in [3.8, 4) is 17.2 Å². The average Bonchev–Trinajstić information content (AvgIpc) is 3.53. The molecule has 0 radical (unpaired) electrons. The van der Waals surface area contributed by atoms with Crippen LogP contribution in [0.15, 0.2) is 63.6 Å². The third-order valence-corrected chi connectivity index (χ3v) is 8.43. The maximum Gasteiger partial charge on any atom is 0.267 e. The lowest BCUT2D eigenvalue weighted by Gasteiger charge is -2.13. The molecule has 1 aliphatic carbocycles. The van der Waals surface area contributed by atoms with Gasteiger partial charge in [0.15, 0.2) is 5.16 Å². The summed E-state index contributed by atoms with van der Waals surface area (Å²) in [5.74, 6) is 1.25. The second-order valence-electron chi connectivity index (χ2n) is 8.75. The Morgan fingerprint density at radius 3 is 2.58 bits per heavy atom. The van der Waals surface area contributed by atoms with Gasteiger partial charge >= 0.3 is 0 Å². The first-order valence-corrected chi connectivity index (χ1v) is 14.2. The summed E-state index contributed by atoms with van der Waals surface area (Å²) in [6.07, 6.45) is 2.94. The van der Waals surface area contributed by atoms with E-state index in [4.69, 9.17) is 14.5 Å². The smallest absolute Gasteiger partial charge is 0.267 e. The first-order chi connectivity index (χ1) is 18.5. The zero-order valence-corrected chi connectivity index (χ0v) is 23.1. The van der Waals surface area contributed by atoms with Gasteiger partial charge in [-0.15, -0.1) is 11.3 Å². The SMILES string of the molecule is CCOc1ccc(-n2c(SCC(=O)NN=C(C)c3ccc(OC)cc3)nc3sc4c(c3c2=O)CCC4)cc1. The Labute approximate surface area is 228 Å². The number of aryl methyl sites for hydroxylation is 2. The molecule has 8 nitrogen and oxygen atoms in total. The van der Waals surface area contributed by atoms with Gasteiger partial charge in [0, 0.05) is 4.88 Å². The van der Waals surface area contributed by atoms with E-state index in [1.807, 2.05) is 62.4 Å². The molecular formula is C28H28N4O4S2. The summed E-state index contributed by atoms with van der Waals surface area (Å²) >= 11 is 2.80. The summed E-state index contributed by atoms with van der Waals surface area (Å²) < 4.78 is 12.4.